The van der Waals surface area contributed by atoms with Crippen LogP contribution < -0.4 is 0 Å². The van der Waals surface area contributed by atoms with Gasteiger partial charge in [-0.2, -0.15) is 0 Å². The Morgan fingerprint density at radius 2 is 2.21 bits per heavy atom. The van der Waals surface area contributed by atoms with Gasteiger partial charge in [0.05, 0.1) is 8.45 Å². The van der Waals surface area contributed by atoms with Crippen molar-refractivity contribution in [3.05, 3.63) is 19.9 Å². The molecule has 2 aliphatic carbocycles. The summed E-state index contributed by atoms with van der Waals surface area (Å²) in [6, 6.07) is 1.91. The first-order valence-corrected chi connectivity index (χ1v) is 8.75. The summed E-state index contributed by atoms with van der Waals surface area (Å²) in [7, 11) is 0. The smallest absolute Gasteiger partial charge is 0.339 e. The molecular weight excluding hydrogens is 371 g/mol. The number of ether oxygens (including phenoxy) is 1. The first kappa shape index (κ1) is 13.9. The Labute approximate surface area is 132 Å². The number of esters is 1. The fraction of sp³-hybridized carbons (Fsp3) is 0.667. The van der Waals surface area contributed by atoms with Crippen LogP contribution in [-0.2, 0) is 4.74 Å². The van der Waals surface area contributed by atoms with Gasteiger partial charge in [-0.3, -0.25) is 0 Å². The molecule has 3 unspecified atom stereocenters. The molecule has 2 fully saturated rings. The van der Waals surface area contributed by atoms with Crippen molar-refractivity contribution in [2.45, 2.75) is 46.1 Å². The van der Waals surface area contributed by atoms with Gasteiger partial charge in [0.25, 0.3) is 0 Å². The Hall–Kier alpha value is -0.100. The van der Waals surface area contributed by atoms with E-state index in [1.54, 1.807) is 11.3 Å². The van der Waals surface area contributed by atoms with Gasteiger partial charge in [-0.1, -0.05) is 20.8 Å². The third-order valence-electron chi connectivity index (χ3n) is 5.77. The molecule has 0 aromatic carbocycles. The minimum atomic E-state index is -0.145. The summed E-state index contributed by atoms with van der Waals surface area (Å²) in [5, 5.41) is 1.89. The largest absolute Gasteiger partial charge is 0.458 e. The molecule has 3 rings (SSSR count). The Morgan fingerprint density at radius 3 is 2.68 bits per heavy atom. The predicted molar refractivity (Wildman–Crippen MR) is 85.5 cm³/mol. The molecule has 0 saturated heterocycles. The van der Waals surface area contributed by atoms with Gasteiger partial charge in [0.2, 0.25) is 0 Å². The lowest BCUT2D eigenvalue weighted by atomic mass is 9.70. The van der Waals surface area contributed by atoms with E-state index in [1.807, 2.05) is 11.4 Å². The van der Waals surface area contributed by atoms with Gasteiger partial charge in [0, 0.05) is 10.8 Å². The van der Waals surface area contributed by atoms with E-state index in [0.29, 0.717) is 16.9 Å². The zero-order chi connectivity index (χ0) is 13.8. The average Bonchev–Trinajstić information content (AvgIpc) is 2.91. The lowest BCUT2D eigenvalue weighted by Gasteiger charge is -2.38. The van der Waals surface area contributed by atoms with Gasteiger partial charge in [0.1, 0.15) is 6.10 Å². The van der Waals surface area contributed by atoms with E-state index in [1.165, 1.54) is 12.8 Å². The van der Waals surface area contributed by atoms with E-state index in [4.69, 9.17) is 4.74 Å². The van der Waals surface area contributed by atoms with Crippen molar-refractivity contribution in [1.82, 2.24) is 0 Å². The van der Waals surface area contributed by atoms with E-state index >= 15 is 0 Å². The summed E-state index contributed by atoms with van der Waals surface area (Å²) in [5.41, 5.74) is 1.15. The first-order valence-electron chi connectivity index (χ1n) is 6.79. The molecule has 19 heavy (non-hydrogen) atoms. The molecule has 1 aromatic heterocycles. The van der Waals surface area contributed by atoms with Crippen LogP contribution in [0.15, 0.2) is 11.4 Å². The maximum absolute atomic E-state index is 12.2. The Kier molecular flexibility index (Phi) is 3.25. The molecule has 2 nitrogen and oxygen atoms in total. The van der Waals surface area contributed by atoms with E-state index in [9.17, 15) is 4.79 Å². The van der Waals surface area contributed by atoms with Gasteiger partial charge < -0.3 is 4.74 Å². The maximum atomic E-state index is 12.2. The quantitative estimate of drug-likeness (QED) is 0.540. The third kappa shape index (κ3) is 1.97. The topological polar surface area (TPSA) is 26.3 Å². The second-order valence-corrected chi connectivity index (χ2v) is 9.45. The summed E-state index contributed by atoms with van der Waals surface area (Å²) in [5.74, 6) is 0.562. The maximum Gasteiger partial charge on any atom is 0.339 e. The van der Waals surface area contributed by atoms with Crippen molar-refractivity contribution in [3.63, 3.8) is 0 Å². The SMILES string of the molecule is CC1(C)C2CCC1(C)C(OC(=O)c1csc(I)c1)C2. The Bertz CT molecular complexity index is 522. The number of fused-ring (bicyclic) bond motifs is 2. The molecule has 1 aromatic rings. The van der Waals surface area contributed by atoms with Gasteiger partial charge in [-0.25, -0.2) is 4.79 Å². The number of carbonyl (C=O) groups excluding carboxylic acids is 1. The fourth-order valence-corrected chi connectivity index (χ4v) is 5.24. The summed E-state index contributed by atoms with van der Waals surface area (Å²) in [6.07, 6.45) is 3.60. The van der Waals surface area contributed by atoms with Crippen LogP contribution in [0.25, 0.3) is 0 Å². The number of rotatable bonds is 2. The highest BCUT2D eigenvalue weighted by molar-refractivity contribution is 14.1. The van der Waals surface area contributed by atoms with Crippen molar-refractivity contribution in [3.8, 4) is 0 Å². The highest BCUT2D eigenvalue weighted by atomic mass is 127. The van der Waals surface area contributed by atoms with Crippen molar-refractivity contribution in [1.29, 1.82) is 0 Å². The van der Waals surface area contributed by atoms with Crippen LogP contribution in [0.4, 0.5) is 0 Å². The molecule has 1 heterocycles. The lowest BCUT2D eigenvalue weighted by molar-refractivity contribution is -0.0242. The number of hydrogen-bond acceptors (Lipinski definition) is 3. The second-order valence-electron chi connectivity index (χ2n) is 6.64. The van der Waals surface area contributed by atoms with Gasteiger partial charge >= 0.3 is 5.97 Å². The highest BCUT2D eigenvalue weighted by Gasteiger charge is 2.62. The van der Waals surface area contributed by atoms with Crippen LogP contribution in [-0.4, -0.2) is 12.1 Å². The summed E-state index contributed by atoms with van der Waals surface area (Å²) in [4.78, 5) is 12.2. The van der Waals surface area contributed by atoms with Gasteiger partial charge in [0.15, 0.2) is 0 Å². The van der Waals surface area contributed by atoms with Gasteiger partial charge in [-0.05, 0) is 59.3 Å². The Morgan fingerprint density at radius 1 is 1.47 bits per heavy atom. The van der Waals surface area contributed by atoms with Crippen LogP contribution in [0.3, 0.4) is 0 Å². The van der Waals surface area contributed by atoms with E-state index in [0.717, 1.165) is 9.30 Å². The first-order chi connectivity index (χ1) is 8.84. The number of carbonyl (C=O) groups is 1. The van der Waals surface area contributed by atoms with E-state index in [-0.39, 0.29) is 17.5 Å². The Balaban J connectivity index is 1.77. The van der Waals surface area contributed by atoms with Crippen molar-refractivity contribution >= 4 is 39.9 Å². The molecule has 0 spiro atoms. The zero-order valence-electron chi connectivity index (χ0n) is 11.5. The van der Waals surface area contributed by atoms with Crippen molar-refractivity contribution in [2.75, 3.05) is 0 Å². The van der Waals surface area contributed by atoms with Crippen LogP contribution in [0.1, 0.15) is 50.4 Å². The number of thiophene rings is 1. The zero-order valence-corrected chi connectivity index (χ0v) is 14.5. The molecule has 3 atom stereocenters. The molecule has 2 bridgehead atoms. The van der Waals surface area contributed by atoms with E-state index in [2.05, 4.69) is 43.4 Å². The molecule has 2 saturated carbocycles. The minimum absolute atomic E-state index is 0.0892. The predicted octanol–water partition coefficient (Wildman–Crippen LogP) is 4.72. The van der Waals surface area contributed by atoms with Gasteiger partial charge in [-0.15, -0.1) is 11.3 Å². The fourth-order valence-electron chi connectivity index (χ4n) is 3.92. The second kappa shape index (κ2) is 4.45. The van der Waals surface area contributed by atoms with Crippen molar-refractivity contribution in [2.24, 2.45) is 16.7 Å². The standard InChI is InChI=1S/C15H19IO2S/c1-14(2)10-4-5-15(14,3)11(7-10)18-13(17)9-6-12(16)19-8-9/h6,8,10-11H,4-5,7H2,1-3H3. The summed E-state index contributed by atoms with van der Waals surface area (Å²) in [6.45, 7) is 6.98. The highest BCUT2D eigenvalue weighted by Crippen LogP contribution is 2.66. The normalized spacial score (nSPS) is 35.6. The molecular formula is C15H19IO2S. The van der Waals surface area contributed by atoms with Crippen LogP contribution in [0.2, 0.25) is 0 Å². The molecule has 4 heteroatoms. The molecule has 0 N–H and O–H groups in total. The van der Waals surface area contributed by atoms with Crippen LogP contribution >= 0.6 is 33.9 Å². The molecule has 2 aliphatic rings. The third-order valence-corrected chi connectivity index (χ3v) is 7.56. The minimum Gasteiger partial charge on any atom is -0.458 e. The molecule has 104 valence electrons. The monoisotopic (exact) mass is 390 g/mol. The molecule has 0 radical (unpaired) electrons. The number of hydrogen-bond donors (Lipinski definition) is 0. The summed E-state index contributed by atoms with van der Waals surface area (Å²) < 4.78 is 6.98. The molecule has 0 aliphatic heterocycles. The lowest BCUT2D eigenvalue weighted by Crippen LogP contribution is -2.38. The van der Waals surface area contributed by atoms with E-state index < -0.39 is 0 Å². The molecule has 0 amide bonds. The van der Waals surface area contributed by atoms with Crippen molar-refractivity contribution < 1.29 is 9.53 Å². The number of halogens is 1. The van der Waals surface area contributed by atoms with Crippen LogP contribution in [0, 0.1) is 19.6 Å². The summed E-state index contributed by atoms with van der Waals surface area (Å²) >= 11 is 3.83. The average molecular weight is 390 g/mol. The van der Waals surface area contributed by atoms with Crippen LogP contribution in [0.5, 0.6) is 0 Å².